The topological polar surface area (TPSA) is 52.2 Å². The third-order valence-corrected chi connectivity index (χ3v) is 7.50. The molecule has 4 rings (SSSR count). The Hall–Kier alpha value is -2.08. The first-order valence-corrected chi connectivity index (χ1v) is 12.3. The fourth-order valence-corrected chi connectivity index (χ4v) is 5.54. The Labute approximate surface area is 182 Å². The van der Waals surface area contributed by atoms with E-state index >= 15 is 0 Å². The van der Waals surface area contributed by atoms with Crippen LogP contribution in [0.4, 0.5) is 0 Å². The van der Waals surface area contributed by atoms with E-state index in [1.165, 1.54) is 11.1 Å². The van der Waals surface area contributed by atoms with E-state index in [2.05, 4.69) is 66.7 Å². The molecule has 0 aliphatic heterocycles. The molecular weight excluding hydrogens is 392 g/mol. The van der Waals surface area contributed by atoms with Gasteiger partial charge in [-0.15, -0.1) is 10.2 Å². The van der Waals surface area contributed by atoms with E-state index in [9.17, 15) is 4.79 Å². The van der Waals surface area contributed by atoms with Gasteiger partial charge in [0.15, 0.2) is 5.16 Å². The average Bonchev–Trinajstić information content (AvgIpc) is 3.18. The van der Waals surface area contributed by atoms with Gasteiger partial charge in [0.1, 0.15) is 0 Å². The van der Waals surface area contributed by atoms with E-state index in [1.807, 2.05) is 0 Å². The van der Waals surface area contributed by atoms with Crippen molar-refractivity contribution in [1.82, 2.24) is 19.2 Å². The highest BCUT2D eigenvalue weighted by Gasteiger charge is 2.39. The molecule has 1 aromatic carbocycles. The van der Waals surface area contributed by atoms with E-state index in [0.717, 1.165) is 67.2 Å². The molecule has 160 valence electrons. The number of nitrogens with zero attached hydrogens (tertiary/aromatic N) is 4. The number of hydrogen-bond acceptors (Lipinski definition) is 4. The van der Waals surface area contributed by atoms with E-state index in [1.54, 1.807) is 16.2 Å². The summed E-state index contributed by atoms with van der Waals surface area (Å²) >= 11 is 1.65. The van der Waals surface area contributed by atoms with Gasteiger partial charge in [-0.25, -0.2) is 4.40 Å². The van der Waals surface area contributed by atoms with Crippen LogP contribution in [-0.4, -0.2) is 24.9 Å². The van der Waals surface area contributed by atoms with Crippen molar-refractivity contribution >= 4 is 17.5 Å². The Morgan fingerprint density at radius 2 is 1.87 bits per heavy atom. The number of rotatable bonds is 8. The summed E-state index contributed by atoms with van der Waals surface area (Å²) in [6.07, 6.45) is 6.18. The van der Waals surface area contributed by atoms with Crippen molar-refractivity contribution in [2.24, 2.45) is 0 Å². The Bertz CT molecular complexity index is 1120. The van der Waals surface area contributed by atoms with E-state index in [0.29, 0.717) is 5.78 Å². The summed E-state index contributed by atoms with van der Waals surface area (Å²) in [5.41, 5.74) is 4.36. The second-order valence-corrected chi connectivity index (χ2v) is 9.66. The zero-order chi connectivity index (χ0) is 21.3. The van der Waals surface area contributed by atoms with Gasteiger partial charge in [0, 0.05) is 28.8 Å². The minimum atomic E-state index is -0.196. The highest BCUT2D eigenvalue weighted by molar-refractivity contribution is 7.99. The molecule has 0 fully saturated rings. The lowest BCUT2D eigenvalue weighted by atomic mass is 9.69. The molecule has 2 aromatic heterocycles. The zero-order valence-electron chi connectivity index (χ0n) is 18.6. The quantitative estimate of drug-likeness (QED) is 0.355. The number of aryl methyl sites for hydroxylation is 1. The van der Waals surface area contributed by atoms with Gasteiger partial charge in [0.05, 0.1) is 5.69 Å². The lowest BCUT2D eigenvalue weighted by molar-refractivity contribution is 0.433. The standard InChI is InChI=1S/C24H32N4OS/c1-5-8-14-27-20-18-13-11-10-12-17(18)16-24(4,7-3)19(20)21(29)28-22(27)25-26-23(28)30-15-9-6-2/h10-13H,5-9,14-16H2,1-4H3. The number of unbranched alkanes of at least 4 members (excludes halogenated alkanes) is 2. The van der Waals surface area contributed by atoms with Crippen molar-refractivity contribution in [1.29, 1.82) is 0 Å². The largest absolute Gasteiger partial charge is 0.309 e. The molecule has 0 saturated heterocycles. The fraction of sp³-hybridized carbons (Fsp3) is 0.542. The van der Waals surface area contributed by atoms with Crippen molar-refractivity contribution in [3.8, 4) is 11.3 Å². The van der Waals surface area contributed by atoms with Gasteiger partial charge in [0.25, 0.3) is 5.56 Å². The molecule has 5 nitrogen and oxygen atoms in total. The molecule has 1 atom stereocenters. The summed E-state index contributed by atoms with van der Waals surface area (Å²) in [6, 6.07) is 8.55. The van der Waals surface area contributed by atoms with Crippen molar-refractivity contribution in [3.05, 3.63) is 45.7 Å². The first-order chi connectivity index (χ1) is 14.6. The third kappa shape index (κ3) is 3.39. The van der Waals surface area contributed by atoms with Crippen molar-refractivity contribution < 1.29 is 0 Å². The van der Waals surface area contributed by atoms with Gasteiger partial charge in [-0.05, 0) is 31.2 Å². The number of thioether (sulfide) groups is 1. The number of fused-ring (bicyclic) bond motifs is 4. The molecule has 0 saturated carbocycles. The summed E-state index contributed by atoms with van der Waals surface area (Å²) < 4.78 is 4.06. The molecule has 30 heavy (non-hydrogen) atoms. The summed E-state index contributed by atoms with van der Waals surface area (Å²) in [5, 5.41) is 9.70. The first kappa shape index (κ1) is 21.2. The highest BCUT2D eigenvalue weighted by Crippen LogP contribution is 2.43. The van der Waals surface area contributed by atoms with Crippen LogP contribution in [0, 0.1) is 0 Å². The molecule has 6 heteroatoms. The predicted molar refractivity (Wildman–Crippen MR) is 125 cm³/mol. The molecule has 1 aliphatic carbocycles. The third-order valence-electron chi connectivity index (χ3n) is 6.48. The normalized spacial score (nSPS) is 17.9. The number of benzene rings is 1. The van der Waals surface area contributed by atoms with E-state index in [-0.39, 0.29) is 11.0 Å². The average molecular weight is 425 g/mol. The van der Waals surface area contributed by atoms with Crippen molar-refractivity contribution in [2.45, 2.75) is 83.3 Å². The molecule has 0 N–H and O–H groups in total. The molecular formula is C24H32N4OS. The molecule has 0 bridgehead atoms. The van der Waals surface area contributed by atoms with Crippen LogP contribution in [0.3, 0.4) is 0 Å². The van der Waals surface area contributed by atoms with Crippen LogP contribution in [0.25, 0.3) is 17.0 Å². The van der Waals surface area contributed by atoms with Crippen LogP contribution in [0.2, 0.25) is 0 Å². The summed E-state index contributed by atoms with van der Waals surface area (Å²) in [6.45, 7) is 9.66. The Morgan fingerprint density at radius 1 is 1.10 bits per heavy atom. The van der Waals surface area contributed by atoms with Crippen LogP contribution >= 0.6 is 11.8 Å². The van der Waals surface area contributed by atoms with Crippen LogP contribution in [0.1, 0.15) is 70.9 Å². The van der Waals surface area contributed by atoms with E-state index < -0.39 is 0 Å². The first-order valence-electron chi connectivity index (χ1n) is 11.3. The van der Waals surface area contributed by atoms with Crippen LogP contribution in [0.5, 0.6) is 0 Å². The second kappa shape index (κ2) is 8.58. The number of hydrogen-bond donors (Lipinski definition) is 0. The maximum absolute atomic E-state index is 14.0. The number of aromatic nitrogens is 4. The minimum absolute atomic E-state index is 0.0654. The maximum Gasteiger partial charge on any atom is 0.265 e. The monoisotopic (exact) mass is 424 g/mol. The Morgan fingerprint density at radius 3 is 2.60 bits per heavy atom. The molecule has 1 unspecified atom stereocenters. The second-order valence-electron chi connectivity index (χ2n) is 8.60. The lowest BCUT2D eigenvalue weighted by Crippen LogP contribution is -2.39. The van der Waals surface area contributed by atoms with Crippen LogP contribution < -0.4 is 5.56 Å². The maximum atomic E-state index is 14.0. The van der Waals surface area contributed by atoms with Crippen molar-refractivity contribution in [3.63, 3.8) is 0 Å². The Kier molecular flexibility index (Phi) is 6.05. The van der Waals surface area contributed by atoms with Gasteiger partial charge in [-0.2, -0.15) is 0 Å². The van der Waals surface area contributed by atoms with Gasteiger partial charge in [-0.1, -0.05) is 76.6 Å². The van der Waals surface area contributed by atoms with E-state index in [4.69, 9.17) is 0 Å². The molecule has 0 radical (unpaired) electrons. The lowest BCUT2D eigenvalue weighted by Gasteiger charge is -2.37. The molecule has 0 amide bonds. The van der Waals surface area contributed by atoms with Gasteiger partial charge >= 0.3 is 0 Å². The zero-order valence-corrected chi connectivity index (χ0v) is 19.4. The predicted octanol–water partition coefficient (Wildman–Crippen LogP) is 5.47. The Balaban J connectivity index is 2.05. The molecule has 1 aliphatic rings. The fourth-order valence-electron chi connectivity index (χ4n) is 4.53. The van der Waals surface area contributed by atoms with Gasteiger partial charge in [-0.3, -0.25) is 4.79 Å². The molecule has 0 spiro atoms. The summed E-state index contributed by atoms with van der Waals surface area (Å²) in [5.74, 6) is 1.64. The SMILES string of the molecule is CCCCSc1nnc2n(CCCC)c3c(c(=O)n12)C(C)(CC)Cc1ccccc1-3. The minimum Gasteiger partial charge on any atom is -0.309 e. The molecule has 3 aromatic rings. The molecule has 2 heterocycles. The van der Waals surface area contributed by atoms with Crippen LogP contribution in [0.15, 0.2) is 34.2 Å². The van der Waals surface area contributed by atoms with Gasteiger partial charge < -0.3 is 4.57 Å². The summed E-state index contributed by atoms with van der Waals surface area (Å²) in [4.78, 5) is 14.0. The van der Waals surface area contributed by atoms with Crippen molar-refractivity contribution in [2.75, 3.05) is 5.75 Å². The smallest absolute Gasteiger partial charge is 0.265 e. The summed E-state index contributed by atoms with van der Waals surface area (Å²) in [7, 11) is 0. The van der Waals surface area contributed by atoms with Crippen LogP contribution in [-0.2, 0) is 18.4 Å². The van der Waals surface area contributed by atoms with Gasteiger partial charge in [0.2, 0.25) is 5.78 Å². The highest BCUT2D eigenvalue weighted by atomic mass is 32.2.